The second-order valence-electron chi connectivity index (χ2n) is 4.07. The fourth-order valence-electron chi connectivity index (χ4n) is 2.04. The van der Waals surface area contributed by atoms with Gasteiger partial charge in [-0.25, -0.2) is 0 Å². The van der Waals surface area contributed by atoms with Crippen molar-refractivity contribution >= 4 is 11.6 Å². The molecule has 3 heteroatoms. The first-order valence-corrected chi connectivity index (χ1v) is 7.42. The molecule has 3 nitrogen and oxygen atoms in total. The van der Waals surface area contributed by atoms with Gasteiger partial charge in [0.05, 0.1) is 0 Å². The van der Waals surface area contributed by atoms with E-state index in [1.807, 2.05) is 39.8 Å². The summed E-state index contributed by atoms with van der Waals surface area (Å²) < 4.78 is 0. The van der Waals surface area contributed by atoms with Crippen LogP contribution in [-0.4, -0.2) is 11.9 Å². The highest BCUT2D eigenvalue weighted by Crippen LogP contribution is 2.22. The monoisotopic (exact) mass is 264 g/mol. The lowest BCUT2D eigenvalue weighted by Gasteiger charge is -2.13. The maximum Gasteiger partial charge on any atom is 0.248 e. The van der Waals surface area contributed by atoms with Crippen LogP contribution in [0.15, 0.2) is 24.3 Å². The van der Waals surface area contributed by atoms with Gasteiger partial charge in [-0.3, -0.25) is 4.79 Å². The van der Waals surface area contributed by atoms with E-state index in [9.17, 15) is 4.79 Å². The third-order valence-corrected chi connectivity index (χ3v) is 2.90. The van der Waals surface area contributed by atoms with Gasteiger partial charge in [0.1, 0.15) is 0 Å². The maximum absolute atomic E-state index is 10.9. The van der Waals surface area contributed by atoms with Crippen molar-refractivity contribution in [1.29, 1.82) is 0 Å². The number of rotatable bonds is 3. The molecule has 0 spiro atoms. The fraction of sp³-hybridized carbons (Fsp3) is 0.562. The first-order chi connectivity index (χ1) is 9.25. The molecule has 0 bridgehead atoms. The molecule has 0 aromatic heterocycles. The van der Waals surface area contributed by atoms with Crippen molar-refractivity contribution < 1.29 is 4.79 Å². The highest BCUT2D eigenvalue weighted by molar-refractivity contribution is 5.93. The molecule has 1 aromatic carbocycles. The first-order valence-electron chi connectivity index (χ1n) is 7.42. The molecule has 1 aromatic rings. The second-order valence-corrected chi connectivity index (χ2v) is 4.07. The molecule has 0 aliphatic heterocycles. The average molecular weight is 264 g/mol. The molecule has 0 heterocycles. The number of hydrogen-bond donors (Lipinski definition) is 2. The van der Waals surface area contributed by atoms with Gasteiger partial charge in [-0.1, -0.05) is 40.5 Å². The summed E-state index contributed by atoms with van der Waals surface area (Å²) in [6.45, 7) is 8.00. The van der Waals surface area contributed by atoms with Gasteiger partial charge in [0.2, 0.25) is 5.91 Å². The molecule has 1 aliphatic rings. The lowest BCUT2D eigenvalue weighted by molar-refractivity contribution is 0.100. The number of nitrogens with two attached hydrogens (primary N) is 1. The van der Waals surface area contributed by atoms with E-state index in [2.05, 4.69) is 5.32 Å². The Morgan fingerprint density at radius 2 is 1.53 bits per heavy atom. The minimum absolute atomic E-state index is 0.373. The Morgan fingerprint density at radius 1 is 1.05 bits per heavy atom. The van der Waals surface area contributed by atoms with Crippen LogP contribution in [0.3, 0.4) is 0 Å². The van der Waals surface area contributed by atoms with Crippen molar-refractivity contribution in [1.82, 2.24) is 0 Å². The van der Waals surface area contributed by atoms with E-state index in [0.717, 1.165) is 5.69 Å². The molecule has 1 amide bonds. The van der Waals surface area contributed by atoms with Crippen molar-refractivity contribution in [2.24, 2.45) is 5.73 Å². The van der Waals surface area contributed by atoms with E-state index in [0.29, 0.717) is 11.6 Å². The Balaban J connectivity index is 0.000000741. The number of primary amides is 1. The Labute approximate surface area is 117 Å². The van der Waals surface area contributed by atoms with Gasteiger partial charge in [0.15, 0.2) is 0 Å². The number of hydrogen-bond acceptors (Lipinski definition) is 2. The second kappa shape index (κ2) is 10.4. The zero-order chi connectivity index (χ0) is 14.7. The van der Waals surface area contributed by atoms with E-state index in [-0.39, 0.29) is 5.91 Å². The Hall–Kier alpha value is -1.51. The summed E-state index contributed by atoms with van der Waals surface area (Å²) >= 11 is 0. The van der Waals surface area contributed by atoms with Gasteiger partial charge < -0.3 is 11.1 Å². The van der Waals surface area contributed by atoms with Gasteiger partial charge in [-0.2, -0.15) is 0 Å². The van der Waals surface area contributed by atoms with Crippen molar-refractivity contribution in [2.75, 3.05) is 5.32 Å². The highest BCUT2D eigenvalue weighted by atomic mass is 16.1. The normalized spacial score (nSPS) is 13.7. The lowest BCUT2D eigenvalue weighted by atomic mass is 10.2. The van der Waals surface area contributed by atoms with E-state index < -0.39 is 0 Å². The van der Waals surface area contributed by atoms with Crippen molar-refractivity contribution in [2.45, 2.75) is 59.4 Å². The molecule has 19 heavy (non-hydrogen) atoms. The quantitative estimate of drug-likeness (QED) is 0.860. The van der Waals surface area contributed by atoms with Crippen LogP contribution in [-0.2, 0) is 0 Å². The molecule has 0 unspecified atom stereocenters. The Bertz CT molecular complexity index is 340. The summed E-state index contributed by atoms with van der Waals surface area (Å²) in [7, 11) is 0. The van der Waals surface area contributed by atoms with Crippen molar-refractivity contribution in [3.8, 4) is 0 Å². The molecule has 1 saturated carbocycles. The van der Waals surface area contributed by atoms with E-state index in [1.165, 1.54) is 25.7 Å². The molecule has 0 saturated heterocycles. The lowest BCUT2D eigenvalue weighted by Crippen LogP contribution is -2.15. The number of carbonyl (C=O) groups excluding carboxylic acids is 1. The first kappa shape index (κ1) is 17.5. The molecule has 1 aliphatic carbocycles. The third-order valence-electron chi connectivity index (χ3n) is 2.90. The summed E-state index contributed by atoms with van der Waals surface area (Å²) in [5.74, 6) is -0.373. The smallest absolute Gasteiger partial charge is 0.248 e. The van der Waals surface area contributed by atoms with Crippen molar-refractivity contribution in [3.63, 3.8) is 0 Å². The molecular weight excluding hydrogens is 236 g/mol. The zero-order valence-corrected chi connectivity index (χ0v) is 12.7. The van der Waals surface area contributed by atoms with E-state index in [4.69, 9.17) is 5.73 Å². The van der Waals surface area contributed by atoms with Crippen LogP contribution in [0.1, 0.15) is 63.7 Å². The minimum atomic E-state index is -0.373. The Morgan fingerprint density at radius 3 is 1.95 bits per heavy atom. The van der Waals surface area contributed by atoms with Crippen LogP contribution in [0, 0.1) is 0 Å². The predicted octanol–water partition coefficient (Wildman–Crippen LogP) is 4.19. The largest absolute Gasteiger partial charge is 0.382 e. The molecular formula is C16H28N2O. The van der Waals surface area contributed by atoms with Gasteiger partial charge in [-0.15, -0.1) is 0 Å². The summed E-state index contributed by atoms with van der Waals surface area (Å²) in [6, 6.07) is 7.96. The predicted molar refractivity (Wildman–Crippen MR) is 83.5 cm³/mol. The standard InChI is InChI=1S/C12H16N2O.2C2H6/c13-12(15)9-5-7-11(8-6-9)14-10-3-1-2-4-10;2*1-2/h5-8,10,14H,1-4H2,(H2,13,15);2*1-2H3. The number of carbonyl (C=O) groups is 1. The number of nitrogens with one attached hydrogen (secondary N) is 1. The van der Waals surface area contributed by atoms with Crippen LogP contribution < -0.4 is 11.1 Å². The maximum atomic E-state index is 10.9. The SMILES string of the molecule is CC.CC.NC(=O)c1ccc(NC2CCCC2)cc1. The van der Waals surface area contributed by atoms with Crippen molar-refractivity contribution in [3.05, 3.63) is 29.8 Å². The molecule has 3 N–H and O–H groups in total. The van der Waals surface area contributed by atoms with Gasteiger partial charge >= 0.3 is 0 Å². The summed E-state index contributed by atoms with van der Waals surface area (Å²) in [5.41, 5.74) is 6.81. The molecule has 0 atom stereocenters. The van der Waals surface area contributed by atoms with E-state index in [1.54, 1.807) is 12.1 Å². The molecule has 1 fully saturated rings. The third kappa shape index (κ3) is 6.27. The van der Waals surface area contributed by atoms with Crippen LogP contribution in [0.25, 0.3) is 0 Å². The average Bonchev–Trinajstić information content (AvgIpc) is 2.97. The van der Waals surface area contributed by atoms with E-state index >= 15 is 0 Å². The zero-order valence-electron chi connectivity index (χ0n) is 12.7. The van der Waals surface area contributed by atoms with Crippen LogP contribution in [0.4, 0.5) is 5.69 Å². The van der Waals surface area contributed by atoms with Crippen LogP contribution in [0.5, 0.6) is 0 Å². The number of anilines is 1. The van der Waals surface area contributed by atoms with Crippen LogP contribution in [0.2, 0.25) is 0 Å². The molecule has 108 valence electrons. The molecule has 0 radical (unpaired) electrons. The number of amides is 1. The topological polar surface area (TPSA) is 55.1 Å². The summed E-state index contributed by atoms with van der Waals surface area (Å²) in [4.78, 5) is 10.9. The number of benzene rings is 1. The highest BCUT2D eigenvalue weighted by Gasteiger charge is 2.14. The summed E-state index contributed by atoms with van der Waals surface area (Å²) in [6.07, 6.45) is 5.13. The Kier molecular flexibility index (Phi) is 9.59. The minimum Gasteiger partial charge on any atom is -0.382 e. The van der Waals surface area contributed by atoms with Crippen LogP contribution >= 0.6 is 0 Å². The van der Waals surface area contributed by atoms with Gasteiger partial charge in [0.25, 0.3) is 0 Å². The van der Waals surface area contributed by atoms with Gasteiger partial charge in [-0.05, 0) is 37.1 Å². The summed E-state index contributed by atoms with van der Waals surface area (Å²) in [5, 5.41) is 3.45. The van der Waals surface area contributed by atoms with Gasteiger partial charge in [0, 0.05) is 17.3 Å². The molecule has 2 rings (SSSR count). The fourth-order valence-corrected chi connectivity index (χ4v) is 2.04.